The number of fused-ring (bicyclic) bond motifs is 1. The normalized spacial score (nSPS) is 20.2. The molecule has 0 aromatic heterocycles. The van der Waals surface area contributed by atoms with Gasteiger partial charge in [0.15, 0.2) is 23.1 Å². The highest BCUT2D eigenvalue weighted by atomic mass is 19.1. The van der Waals surface area contributed by atoms with Gasteiger partial charge in [-0.25, -0.2) is 4.39 Å². The van der Waals surface area contributed by atoms with Crippen molar-refractivity contribution in [2.24, 2.45) is 0 Å². The van der Waals surface area contributed by atoms with Crippen LogP contribution in [0.3, 0.4) is 0 Å². The minimum atomic E-state index is -1.12. The third-order valence-electron chi connectivity index (χ3n) is 6.95. The average Bonchev–Trinajstić information content (AvgIpc) is 3.23. The monoisotopic (exact) mass is 515 g/mol. The van der Waals surface area contributed by atoms with Crippen molar-refractivity contribution in [3.05, 3.63) is 46.3 Å². The van der Waals surface area contributed by atoms with Crippen LogP contribution in [0.1, 0.15) is 39.9 Å². The minimum Gasteiger partial charge on any atom is -0.504 e. The second kappa shape index (κ2) is 9.87. The Bertz CT molecular complexity index is 1250. The number of nitrogens with one attached hydrogen (secondary N) is 1. The summed E-state index contributed by atoms with van der Waals surface area (Å²) in [6.07, 6.45) is 0.321. The highest BCUT2D eigenvalue weighted by Crippen LogP contribution is 2.43. The number of nitrogens with zero attached hydrogens (tertiary/aromatic N) is 2. The van der Waals surface area contributed by atoms with Gasteiger partial charge in [-0.2, -0.15) is 0 Å². The fraction of sp³-hybridized carbons (Fsp3) is 0.400. The predicted molar refractivity (Wildman–Crippen MR) is 124 cm³/mol. The van der Waals surface area contributed by atoms with Crippen LogP contribution >= 0.6 is 0 Å². The average molecular weight is 515 g/mol. The van der Waals surface area contributed by atoms with E-state index in [-0.39, 0.29) is 37.2 Å². The van der Waals surface area contributed by atoms with Crippen LogP contribution in [0.5, 0.6) is 23.0 Å². The molecule has 3 heterocycles. The van der Waals surface area contributed by atoms with Gasteiger partial charge in [-0.05, 0) is 18.6 Å². The molecule has 0 aliphatic carbocycles. The first-order valence-electron chi connectivity index (χ1n) is 11.9. The molecule has 1 atom stereocenters. The molecule has 37 heavy (non-hydrogen) atoms. The molecule has 2 aromatic rings. The van der Waals surface area contributed by atoms with Gasteiger partial charge in [0.05, 0.1) is 30.9 Å². The Kier molecular flexibility index (Phi) is 6.61. The summed E-state index contributed by atoms with van der Waals surface area (Å²) in [6.45, 7) is 1.51. The molecule has 11 nitrogen and oxygen atoms in total. The lowest BCUT2D eigenvalue weighted by atomic mass is 10.0. The van der Waals surface area contributed by atoms with Crippen molar-refractivity contribution < 1.29 is 43.6 Å². The molecule has 1 unspecified atom stereocenters. The van der Waals surface area contributed by atoms with Crippen LogP contribution in [0.2, 0.25) is 0 Å². The number of carbonyl (C=O) groups is 3. The Hall–Kier alpha value is -3.90. The molecule has 3 aliphatic heterocycles. The van der Waals surface area contributed by atoms with Gasteiger partial charge in [0.2, 0.25) is 11.8 Å². The van der Waals surface area contributed by atoms with Crippen molar-refractivity contribution in [2.75, 3.05) is 26.3 Å². The molecule has 3 aliphatic rings. The van der Waals surface area contributed by atoms with Crippen molar-refractivity contribution in [3.8, 4) is 23.0 Å². The fourth-order valence-corrected chi connectivity index (χ4v) is 4.88. The van der Waals surface area contributed by atoms with Gasteiger partial charge in [-0.3, -0.25) is 24.6 Å². The molecule has 0 spiro atoms. The molecule has 0 saturated carbocycles. The van der Waals surface area contributed by atoms with E-state index in [1.807, 2.05) is 4.90 Å². The Morgan fingerprint density at radius 3 is 2.51 bits per heavy atom. The molecule has 4 N–H and O–H groups in total. The summed E-state index contributed by atoms with van der Waals surface area (Å²) in [4.78, 5) is 40.0. The van der Waals surface area contributed by atoms with E-state index in [9.17, 15) is 29.7 Å². The van der Waals surface area contributed by atoms with Crippen molar-refractivity contribution in [2.45, 2.75) is 38.6 Å². The number of hydrogen-bond acceptors (Lipinski definition) is 9. The van der Waals surface area contributed by atoms with Crippen LogP contribution in [0, 0.1) is 5.82 Å². The zero-order valence-corrected chi connectivity index (χ0v) is 19.8. The molecule has 2 aromatic carbocycles. The number of amides is 3. The zero-order valence-electron chi connectivity index (χ0n) is 19.8. The molecule has 5 rings (SSSR count). The van der Waals surface area contributed by atoms with Crippen LogP contribution < -0.4 is 10.1 Å². The van der Waals surface area contributed by atoms with Gasteiger partial charge >= 0.3 is 0 Å². The Balaban J connectivity index is 1.35. The van der Waals surface area contributed by atoms with E-state index >= 15 is 4.39 Å². The summed E-state index contributed by atoms with van der Waals surface area (Å²) >= 11 is 0. The first-order chi connectivity index (χ1) is 17.8. The Labute approximate surface area is 211 Å². The van der Waals surface area contributed by atoms with Crippen LogP contribution in [0.15, 0.2) is 18.2 Å². The van der Waals surface area contributed by atoms with E-state index in [4.69, 9.17) is 9.47 Å². The molecule has 196 valence electrons. The molecule has 12 heteroatoms. The number of ether oxygens (including phenoxy) is 2. The van der Waals surface area contributed by atoms with E-state index in [1.54, 1.807) is 18.2 Å². The molecule has 0 bridgehead atoms. The minimum absolute atomic E-state index is 0.0249. The van der Waals surface area contributed by atoms with E-state index < -0.39 is 59.0 Å². The lowest BCUT2D eigenvalue weighted by molar-refractivity contribution is -0.136. The second-order valence-electron chi connectivity index (χ2n) is 9.18. The lowest BCUT2D eigenvalue weighted by Gasteiger charge is -2.29. The number of carbonyl (C=O) groups excluding carboxylic acids is 3. The summed E-state index contributed by atoms with van der Waals surface area (Å²) in [5.74, 6) is -4.39. The number of morpholine rings is 1. The third kappa shape index (κ3) is 4.53. The SMILES string of the molecule is O=C1CCC(N2Cc3c(OCc4c(O)c(O)c(CN5CCOCC5)c(O)c4F)cccc3C2=O)C(=O)N1. The van der Waals surface area contributed by atoms with E-state index in [0.717, 1.165) is 0 Å². The molecular formula is C25H26FN3O8. The number of hydrogen-bond donors (Lipinski definition) is 4. The van der Waals surface area contributed by atoms with Crippen LogP contribution in [0.4, 0.5) is 4.39 Å². The first-order valence-corrected chi connectivity index (χ1v) is 11.9. The topological polar surface area (TPSA) is 149 Å². The van der Waals surface area contributed by atoms with E-state index in [0.29, 0.717) is 37.4 Å². The quantitative estimate of drug-likeness (QED) is 0.252. The summed E-state index contributed by atoms with van der Waals surface area (Å²) < 4.78 is 26.1. The molecule has 2 fully saturated rings. The molecular weight excluding hydrogens is 489 g/mol. The number of phenolic OH excluding ortho intramolecular Hbond substituents is 3. The van der Waals surface area contributed by atoms with Crippen LogP contribution in [0.25, 0.3) is 0 Å². The van der Waals surface area contributed by atoms with Gasteiger partial charge in [0.1, 0.15) is 18.4 Å². The summed E-state index contributed by atoms with van der Waals surface area (Å²) in [6, 6.07) is 3.89. The van der Waals surface area contributed by atoms with Gasteiger partial charge in [0, 0.05) is 37.2 Å². The second-order valence-corrected chi connectivity index (χ2v) is 9.18. The van der Waals surface area contributed by atoms with Gasteiger partial charge < -0.3 is 29.7 Å². The highest BCUT2D eigenvalue weighted by Gasteiger charge is 2.40. The third-order valence-corrected chi connectivity index (χ3v) is 6.95. The first kappa shape index (κ1) is 24.8. The van der Waals surface area contributed by atoms with Crippen molar-refractivity contribution in [1.29, 1.82) is 0 Å². The Morgan fingerprint density at radius 1 is 1.05 bits per heavy atom. The van der Waals surface area contributed by atoms with E-state index in [2.05, 4.69) is 5.32 Å². The van der Waals surface area contributed by atoms with Gasteiger partial charge in [-0.15, -0.1) is 0 Å². The summed E-state index contributed by atoms with van der Waals surface area (Å²) in [5.41, 5.74) is 0.198. The smallest absolute Gasteiger partial charge is 0.255 e. The molecule has 2 saturated heterocycles. The number of aromatic hydroxyl groups is 3. The maximum Gasteiger partial charge on any atom is 0.255 e. The lowest BCUT2D eigenvalue weighted by Crippen LogP contribution is -2.52. The number of imide groups is 1. The van der Waals surface area contributed by atoms with Crippen molar-refractivity contribution in [3.63, 3.8) is 0 Å². The molecule has 3 amide bonds. The number of piperidine rings is 1. The number of rotatable bonds is 6. The van der Waals surface area contributed by atoms with Gasteiger partial charge in [-0.1, -0.05) is 6.07 Å². The number of phenols is 3. The fourth-order valence-electron chi connectivity index (χ4n) is 4.88. The number of benzene rings is 2. The summed E-state index contributed by atoms with van der Waals surface area (Å²) in [5, 5.41) is 33.7. The van der Waals surface area contributed by atoms with Gasteiger partial charge in [0.25, 0.3) is 5.91 Å². The number of halogens is 1. The van der Waals surface area contributed by atoms with Crippen molar-refractivity contribution >= 4 is 17.7 Å². The molecule has 0 radical (unpaired) electrons. The highest BCUT2D eigenvalue weighted by molar-refractivity contribution is 6.05. The standard InChI is InChI=1S/C25H26FN3O8/c26-20-16(23(33)22(32)15(21(20)31)10-28-6-8-36-9-7-28)12-37-18-3-1-2-13-14(18)11-29(25(13)35)17-4-5-19(30)27-24(17)34/h1-3,17,31-33H,4-12H2,(H,27,30,34). The van der Waals surface area contributed by atoms with Crippen molar-refractivity contribution in [1.82, 2.24) is 15.1 Å². The van der Waals surface area contributed by atoms with E-state index in [1.165, 1.54) is 4.90 Å². The maximum absolute atomic E-state index is 15.1. The Morgan fingerprint density at radius 2 is 1.78 bits per heavy atom. The largest absolute Gasteiger partial charge is 0.504 e. The maximum atomic E-state index is 15.1. The van der Waals surface area contributed by atoms with Crippen LogP contribution in [-0.4, -0.2) is 75.2 Å². The zero-order chi connectivity index (χ0) is 26.3. The van der Waals surface area contributed by atoms with Crippen LogP contribution in [-0.2, 0) is 34.0 Å². The summed E-state index contributed by atoms with van der Waals surface area (Å²) in [7, 11) is 0. The predicted octanol–water partition coefficient (Wildman–Crippen LogP) is 1.11.